The topological polar surface area (TPSA) is 205 Å². The highest BCUT2D eigenvalue weighted by atomic mass is 79.9. The van der Waals surface area contributed by atoms with Crippen molar-refractivity contribution in [2.75, 3.05) is 17.2 Å². The number of nitrogens with one attached hydrogen (secondary N) is 1. The van der Waals surface area contributed by atoms with Gasteiger partial charge in [-0.25, -0.2) is 43.9 Å². The first-order chi connectivity index (χ1) is 49.5. The molecule has 1 aliphatic rings. The molecule has 0 spiro atoms. The molecule has 15 nitrogen and oxygen atoms in total. The van der Waals surface area contributed by atoms with Gasteiger partial charge in [-0.15, -0.1) is 0 Å². The molecular weight excluding hydrogens is 1440 g/mol. The van der Waals surface area contributed by atoms with Crippen molar-refractivity contribution in [1.29, 1.82) is 0 Å². The van der Waals surface area contributed by atoms with Crippen molar-refractivity contribution in [2.45, 2.75) is 64.7 Å². The molecule has 546 valence electrons. The molecule has 14 rings (SSSR count). The molecule has 13 aromatic rings. The number of H-pyrrole nitrogens is 1. The van der Waals surface area contributed by atoms with Crippen molar-refractivity contribution in [3.8, 4) is 11.1 Å². The van der Waals surface area contributed by atoms with E-state index in [0.717, 1.165) is 74.3 Å². The number of aryl methyl sites for hydroxylation is 5. The van der Waals surface area contributed by atoms with Crippen LogP contribution in [-0.4, -0.2) is 57.7 Å². The lowest BCUT2D eigenvalue weighted by atomic mass is 9.81. The number of aromatic amines is 1. The standard InChI is InChI=1S/C22H17F3N2O2.C12H9FN2O.C11H18BNO2.C11H11FN2.C10H8F2O.C6H5BrFN.C6H5F2N/c1-26-8-7-18-17-5-4-15(24)12-20(17)27(22(29)21(18)26)9-6-16(28)10-13-2-3-14(23)11-19(13)25;1-15-5-4-9-8-3-2-7(13)6-10(8)14-12(16)11(9)15;1-10(2)11(3,4)15-12(14-10)9-6-7-13(5)8-9;1-14-5-4-8(7-14)10-3-2-9(12)6-11(10)13;1-2-9(13)5-7-3-4-8(11)6-10(7)12;7-5-2-1-4(8)3-6(5)9;7-4-1-2-6(9)5(8)3-4/h2-5,7-8,11-12H,6,9-10H2,1H3;2-6H,1H3,(H,14,16);6-8H,1-5H3;2-7H,13H2,1H3;2-4,6H,1,5H2;2*1-3H,9H2. The number of nitrogens with zero attached hydrogens (tertiary/aromatic N) is 5. The number of fused-ring (bicyclic) bond motifs is 6. The average molecular weight is 1510 g/mol. The zero-order chi connectivity index (χ0) is 76.9. The van der Waals surface area contributed by atoms with Gasteiger partial charge >= 0.3 is 7.12 Å². The van der Waals surface area contributed by atoms with Crippen LogP contribution in [0.25, 0.3) is 54.7 Å². The number of Topliss-reactive ketones (excluding diaryl/α,β-unsaturated/α-hetero) is 1. The molecule has 6 aromatic heterocycles. The molecule has 27 heteroatoms. The number of carbonyl (C=O) groups is 2. The molecule has 7 aromatic carbocycles. The predicted octanol–water partition coefficient (Wildman–Crippen LogP) is 16.0. The molecule has 1 aliphatic heterocycles. The van der Waals surface area contributed by atoms with Crippen molar-refractivity contribution < 1.29 is 62.8 Å². The number of rotatable bonds is 10. The van der Waals surface area contributed by atoms with E-state index in [1.165, 1.54) is 71.3 Å². The van der Waals surface area contributed by atoms with Crippen LogP contribution in [0.1, 0.15) is 45.2 Å². The molecule has 1 saturated heterocycles. The largest absolute Gasteiger partial charge is 0.496 e. The summed E-state index contributed by atoms with van der Waals surface area (Å²) in [7, 11) is 7.24. The Bertz CT molecular complexity index is 5390. The molecule has 0 amide bonds. The number of hydrogen-bond donors (Lipinski definition) is 4. The summed E-state index contributed by atoms with van der Waals surface area (Å²) < 4.78 is 150. The van der Waals surface area contributed by atoms with Crippen LogP contribution in [0.2, 0.25) is 0 Å². The lowest BCUT2D eigenvalue weighted by Gasteiger charge is -2.32. The Labute approximate surface area is 605 Å². The number of nitrogens with two attached hydrogens (primary N) is 3. The molecule has 7 N–H and O–H groups in total. The molecular formula is C78H73BBrF10N9O6. The maximum atomic E-state index is 13.9. The fourth-order valence-electron chi connectivity index (χ4n) is 10.7. The van der Waals surface area contributed by atoms with E-state index in [2.05, 4.69) is 55.2 Å². The molecule has 0 bridgehead atoms. The minimum atomic E-state index is -0.784. The summed E-state index contributed by atoms with van der Waals surface area (Å²) in [6, 6.07) is 34.1. The molecule has 0 atom stereocenters. The molecule has 105 heavy (non-hydrogen) atoms. The van der Waals surface area contributed by atoms with Crippen LogP contribution in [0.15, 0.2) is 216 Å². The Morgan fingerprint density at radius 3 is 1.53 bits per heavy atom. The summed E-state index contributed by atoms with van der Waals surface area (Å²) in [6.45, 7) is 11.5. The highest BCUT2D eigenvalue weighted by molar-refractivity contribution is 9.10. The zero-order valence-corrected chi connectivity index (χ0v) is 59.7. The van der Waals surface area contributed by atoms with Gasteiger partial charge in [0.15, 0.2) is 5.78 Å². The Balaban J connectivity index is 0.000000161. The monoisotopic (exact) mass is 1510 g/mol. The van der Waals surface area contributed by atoms with Crippen LogP contribution in [0, 0.1) is 58.2 Å². The number of ketones is 2. The molecule has 0 saturated carbocycles. The second-order valence-electron chi connectivity index (χ2n) is 25.3. The van der Waals surface area contributed by atoms with Crippen LogP contribution in [0.4, 0.5) is 61.0 Å². The van der Waals surface area contributed by atoms with Gasteiger partial charge in [0.25, 0.3) is 11.1 Å². The number of hydrogen-bond acceptors (Lipinski definition) is 9. The number of nitrogen functional groups attached to an aromatic ring is 3. The van der Waals surface area contributed by atoms with Gasteiger partial charge < -0.3 is 54.3 Å². The normalized spacial score (nSPS) is 12.5. The second-order valence-corrected chi connectivity index (χ2v) is 26.1. The third kappa shape index (κ3) is 20.4. The van der Waals surface area contributed by atoms with Gasteiger partial charge in [-0.3, -0.25) is 19.2 Å². The molecule has 7 heterocycles. The molecule has 1 fully saturated rings. The Hall–Kier alpha value is -11.2. The van der Waals surface area contributed by atoms with Gasteiger partial charge in [-0.05, 0) is 182 Å². The Morgan fingerprint density at radius 2 is 1.01 bits per heavy atom. The summed E-state index contributed by atoms with van der Waals surface area (Å²) >= 11 is 3.14. The zero-order valence-electron chi connectivity index (χ0n) is 58.2. The number of halogens is 11. The van der Waals surface area contributed by atoms with Gasteiger partial charge in [-0.2, -0.15) is 0 Å². The van der Waals surface area contributed by atoms with Crippen molar-refractivity contribution in [2.24, 2.45) is 28.2 Å². The summed E-state index contributed by atoms with van der Waals surface area (Å²) in [6.07, 6.45) is 12.3. The number of benzene rings is 7. The fourth-order valence-corrected chi connectivity index (χ4v) is 11.0. The summed E-state index contributed by atoms with van der Waals surface area (Å²) in [5.74, 6) is -6.21. The first kappa shape index (κ1) is 79.5. The van der Waals surface area contributed by atoms with Gasteiger partial charge in [0.2, 0.25) is 0 Å². The van der Waals surface area contributed by atoms with Crippen LogP contribution >= 0.6 is 15.9 Å². The van der Waals surface area contributed by atoms with E-state index in [9.17, 15) is 63.1 Å². The first-order valence-corrected chi connectivity index (χ1v) is 33.0. The van der Waals surface area contributed by atoms with Gasteiger partial charge in [0.1, 0.15) is 75.0 Å². The van der Waals surface area contributed by atoms with Gasteiger partial charge in [-0.1, -0.05) is 18.7 Å². The maximum Gasteiger partial charge on any atom is 0.496 e. The quantitative estimate of drug-likeness (QED) is 0.0444. The lowest BCUT2D eigenvalue weighted by molar-refractivity contribution is -0.118. The van der Waals surface area contributed by atoms with E-state index in [1.807, 2.05) is 79.5 Å². The van der Waals surface area contributed by atoms with Crippen molar-refractivity contribution in [1.82, 2.24) is 27.8 Å². The minimum absolute atomic E-state index is 0.0293. The van der Waals surface area contributed by atoms with Crippen LogP contribution in [0.5, 0.6) is 0 Å². The van der Waals surface area contributed by atoms with Crippen molar-refractivity contribution >= 4 is 101 Å². The van der Waals surface area contributed by atoms with Crippen LogP contribution < -0.4 is 33.8 Å². The van der Waals surface area contributed by atoms with Crippen molar-refractivity contribution in [3.05, 3.63) is 296 Å². The van der Waals surface area contributed by atoms with E-state index in [1.54, 1.807) is 52.7 Å². The number of aromatic nitrogens is 6. The Morgan fingerprint density at radius 1 is 0.524 bits per heavy atom. The third-order valence-corrected chi connectivity index (χ3v) is 17.7. The van der Waals surface area contributed by atoms with E-state index in [4.69, 9.17) is 26.5 Å². The Kier molecular flexibility index (Phi) is 26.1. The van der Waals surface area contributed by atoms with Gasteiger partial charge in [0, 0.05) is 163 Å². The smallest absolute Gasteiger partial charge is 0.399 e. The number of anilines is 3. The number of allylic oxidation sites excluding steroid dienone is 1. The SMILES string of the molecule is C=CC(=O)Cc1ccc(F)cc1F.Cn1ccc(-c2ccc(F)cc2N)c1.Cn1ccc(B2OC(C)(C)C(C)(C)O2)c1.Cn1ccc2c3ccc(F)cc3[nH]c(=O)c21.Cn1ccc2c3ccc(F)cc3n(CCC(=O)Cc3ccc(F)cc3F)c(=O)c21.Nc1cc(F)ccc1Br.Nc1ccc(F)cc1F. The molecule has 0 unspecified atom stereocenters. The van der Waals surface area contributed by atoms with E-state index >= 15 is 0 Å². The number of pyridine rings is 2. The average Bonchev–Trinajstić information content (AvgIpc) is 1.69. The predicted molar refractivity (Wildman–Crippen MR) is 396 cm³/mol. The molecule has 0 aliphatic carbocycles. The van der Waals surface area contributed by atoms with Gasteiger partial charge in [0.05, 0.1) is 27.9 Å². The van der Waals surface area contributed by atoms with E-state index in [0.29, 0.717) is 44.2 Å². The lowest BCUT2D eigenvalue weighted by Crippen LogP contribution is -2.41. The second kappa shape index (κ2) is 34.4. The first-order valence-electron chi connectivity index (χ1n) is 32.2. The highest BCUT2D eigenvalue weighted by Crippen LogP contribution is 2.37. The van der Waals surface area contributed by atoms with E-state index in [-0.39, 0.29) is 101 Å². The maximum absolute atomic E-state index is 13.9. The van der Waals surface area contributed by atoms with Crippen molar-refractivity contribution in [3.63, 3.8) is 0 Å². The summed E-state index contributed by atoms with van der Waals surface area (Å²) in [5, 5.41) is 3.12. The minimum Gasteiger partial charge on any atom is -0.399 e. The summed E-state index contributed by atoms with van der Waals surface area (Å²) in [4.78, 5) is 50.7. The van der Waals surface area contributed by atoms with Crippen LogP contribution in [0.3, 0.4) is 0 Å². The van der Waals surface area contributed by atoms with E-state index < -0.39 is 40.7 Å². The molecule has 0 radical (unpaired) electrons. The van der Waals surface area contributed by atoms with Crippen LogP contribution in [-0.2, 0) is 66.5 Å². The highest BCUT2D eigenvalue weighted by Gasteiger charge is 2.52. The fraction of sp³-hybridized carbons (Fsp3) is 0.179. The third-order valence-electron chi connectivity index (χ3n) is 17.0. The summed E-state index contributed by atoms with van der Waals surface area (Å²) in [5.41, 5.74) is 21.2. The number of carbonyl (C=O) groups excluding carboxylic acids is 2.